The maximum atomic E-state index is 12.7. The highest BCUT2D eigenvalue weighted by Gasteiger charge is 2.43. The van der Waals surface area contributed by atoms with Gasteiger partial charge in [0.1, 0.15) is 5.76 Å². The van der Waals surface area contributed by atoms with Crippen molar-refractivity contribution in [3.05, 3.63) is 77.5 Å². The lowest BCUT2D eigenvalue weighted by Gasteiger charge is -2.41. The lowest BCUT2D eigenvalue weighted by molar-refractivity contribution is -0.131. The van der Waals surface area contributed by atoms with Crippen LogP contribution in [0.1, 0.15) is 38.0 Å². The Morgan fingerprint density at radius 3 is 2.16 bits per heavy atom. The number of amides is 1. The van der Waals surface area contributed by atoms with Crippen molar-refractivity contribution in [2.24, 2.45) is 5.41 Å². The standard InChI is InChI=1S/C21H23NO3/c1-14-17(15-10-6-4-7-11-15)19(24)22-20(25-14)21(2,3)18(23)16-12-8-5-9-13-16/h4-13,18,20,23H,1-3H3,(H,22,24). The minimum Gasteiger partial charge on any atom is -0.474 e. The lowest BCUT2D eigenvalue weighted by Crippen LogP contribution is -2.52. The van der Waals surface area contributed by atoms with Gasteiger partial charge in [0.2, 0.25) is 0 Å². The summed E-state index contributed by atoms with van der Waals surface area (Å²) in [7, 11) is 0. The van der Waals surface area contributed by atoms with Crippen molar-refractivity contribution >= 4 is 11.5 Å². The molecule has 4 nitrogen and oxygen atoms in total. The van der Waals surface area contributed by atoms with E-state index in [0.717, 1.165) is 11.1 Å². The van der Waals surface area contributed by atoms with Crippen molar-refractivity contribution in [3.63, 3.8) is 0 Å². The van der Waals surface area contributed by atoms with Crippen molar-refractivity contribution < 1.29 is 14.6 Å². The summed E-state index contributed by atoms with van der Waals surface area (Å²) in [5.41, 5.74) is 1.43. The Morgan fingerprint density at radius 1 is 1.04 bits per heavy atom. The summed E-state index contributed by atoms with van der Waals surface area (Å²) in [5, 5.41) is 13.7. The van der Waals surface area contributed by atoms with Gasteiger partial charge in [-0.3, -0.25) is 4.79 Å². The van der Waals surface area contributed by atoms with Crippen LogP contribution in [-0.4, -0.2) is 17.2 Å². The summed E-state index contributed by atoms with van der Waals surface area (Å²) in [6, 6.07) is 18.9. The van der Waals surface area contributed by atoms with Crippen molar-refractivity contribution in [2.75, 3.05) is 0 Å². The van der Waals surface area contributed by atoms with E-state index in [1.165, 1.54) is 0 Å². The van der Waals surface area contributed by atoms with Crippen molar-refractivity contribution in [3.8, 4) is 0 Å². The summed E-state index contributed by atoms with van der Waals surface area (Å²) in [5.74, 6) is 0.376. The Kier molecular flexibility index (Phi) is 4.64. The zero-order valence-corrected chi connectivity index (χ0v) is 14.7. The topological polar surface area (TPSA) is 58.6 Å². The number of allylic oxidation sites excluding steroid dienone is 1. The molecule has 0 aromatic heterocycles. The number of aliphatic hydroxyl groups is 1. The SMILES string of the molecule is CC1=C(c2ccccc2)C(=O)NC(C(C)(C)C(O)c2ccccc2)O1. The molecule has 2 aromatic carbocycles. The molecule has 0 radical (unpaired) electrons. The average molecular weight is 337 g/mol. The van der Waals surface area contributed by atoms with Crippen LogP contribution in [0, 0.1) is 5.41 Å². The minimum atomic E-state index is -0.773. The van der Waals surface area contributed by atoms with Gasteiger partial charge in [-0.15, -0.1) is 0 Å². The highest BCUT2D eigenvalue weighted by atomic mass is 16.5. The summed E-state index contributed by atoms with van der Waals surface area (Å²) in [6.07, 6.45) is -1.40. The highest BCUT2D eigenvalue weighted by Crippen LogP contribution is 2.40. The van der Waals surface area contributed by atoms with E-state index < -0.39 is 17.7 Å². The zero-order chi connectivity index (χ0) is 18.0. The van der Waals surface area contributed by atoms with Crippen LogP contribution in [0.25, 0.3) is 5.57 Å². The van der Waals surface area contributed by atoms with Gasteiger partial charge in [0.15, 0.2) is 6.23 Å². The number of ether oxygens (including phenoxy) is 1. The molecule has 1 heterocycles. The molecule has 0 bridgehead atoms. The summed E-state index contributed by atoms with van der Waals surface area (Å²) < 4.78 is 6.02. The maximum Gasteiger partial charge on any atom is 0.258 e. The van der Waals surface area contributed by atoms with E-state index in [-0.39, 0.29) is 5.91 Å². The molecule has 2 atom stereocenters. The summed E-state index contributed by atoms with van der Waals surface area (Å²) in [4.78, 5) is 12.7. The van der Waals surface area contributed by atoms with Crippen LogP contribution in [0.4, 0.5) is 0 Å². The van der Waals surface area contributed by atoms with Crippen LogP contribution >= 0.6 is 0 Å². The fraction of sp³-hybridized carbons (Fsp3) is 0.286. The molecule has 2 N–H and O–H groups in total. The molecular formula is C21H23NO3. The van der Waals surface area contributed by atoms with Crippen LogP contribution in [0.2, 0.25) is 0 Å². The quantitative estimate of drug-likeness (QED) is 0.895. The van der Waals surface area contributed by atoms with Gasteiger partial charge in [0, 0.05) is 0 Å². The van der Waals surface area contributed by atoms with Gasteiger partial charge in [-0.25, -0.2) is 0 Å². The minimum absolute atomic E-state index is 0.187. The number of hydrogen-bond donors (Lipinski definition) is 2. The van der Waals surface area contributed by atoms with Crippen LogP contribution in [-0.2, 0) is 9.53 Å². The molecule has 2 aromatic rings. The van der Waals surface area contributed by atoms with Gasteiger partial charge < -0.3 is 15.2 Å². The third-order valence-corrected chi connectivity index (χ3v) is 4.69. The molecule has 1 aliphatic rings. The first-order valence-corrected chi connectivity index (χ1v) is 8.38. The maximum absolute atomic E-state index is 12.7. The van der Waals surface area contributed by atoms with Crippen LogP contribution in [0.5, 0.6) is 0 Å². The number of carbonyl (C=O) groups excluding carboxylic acids is 1. The van der Waals surface area contributed by atoms with E-state index in [4.69, 9.17) is 4.74 Å². The van der Waals surface area contributed by atoms with Gasteiger partial charge in [0.25, 0.3) is 5.91 Å². The average Bonchev–Trinajstić information content (AvgIpc) is 2.62. The number of rotatable bonds is 4. The van der Waals surface area contributed by atoms with Crippen LogP contribution < -0.4 is 5.32 Å². The van der Waals surface area contributed by atoms with Crippen LogP contribution in [0.15, 0.2) is 66.4 Å². The fourth-order valence-electron chi connectivity index (χ4n) is 3.10. The van der Waals surface area contributed by atoms with Crippen molar-refractivity contribution in [1.82, 2.24) is 5.32 Å². The third-order valence-electron chi connectivity index (χ3n) is 4.69. The Labute approximate surface area is 148 Å². The molecule has 25 heavy (non-hydrogen) atoms. The van der Waals surface area contributed by atoms with Gasteiger partial charge in [-0.1, -0.05) is 74.5 Å². The monoisotopic (exact) mass is 337 g/mol. The van der Waals surface area contributed by atoms with E-state index in [0.29, 0.717) is 11.3 Å². The second kappa shape index (κ2) is 6.73. The lowest BCUT2D eigenvalue weighted by atomic mass is 9.80. The Hall–Kier alpha value is -2.59. The van der Waals surface area contributed by atoms with Crippen molar-refractivity contribution in [1.29, 1.82) is 0 Å². The number of hydrogen-bond acceptors (Lipinski definition) is 3. The molecule has 4 heteroatoms. The molecule has 0 saturated heterocycles. The van der Waals surface area contributed by atoms with Gasteiger partial charge in [0.05, 0.1) is 17.1 Å². The Bertz CT molecular complexity index is 781. The fourth-order valence-corrected chi connectivity index (χ4v) is 3.10. The predicted molar refractivity (Wildman–Crippen MR) is 97.2 cm³/mol. The molecule has 2 unspecified atom stereocenters. The van der Waals surface area contributed by atoms with Crippen LogP contribution in [0.3, 0.4) is 0 Å². The summed E-state index contributed by atoms with van der Waals surface area (Å²) >= 11 is 0. The first kappa shape index (κ1) is 17.2. The number of benzene rings is 2. The molecule has 0 spiro atoms. The Balaban J connectivity index is 1.88. The molecule has 0 fully saturated rings. The molecule has 1 amide bonds. The number of aliphatic hydroxyl groups excluding tert-OH is 1. The summed E-state index contributed by atoms with van der Waals surface area (Å²) in [6.45, 7) is 5.56. The second-order valence-corrected chi connectivity index (χ2v) is 6.90. The number of nitrogens with one attached hydrogen (secondary N) is 1. The van der Waals surface area contributed by atoms with Gasteiger partial charge in [-0.2, -0.15) is 0 Å². The first-order valence-electron chi connectivity index (χ1n) is 8.38. The third kappa shape index (κ3) is 3.30. The molecule has 0 saturated carbocycles. The molecule has 0 aliphatic carbocycles. The molecular weight excluding hydrogens is 314 g/mol. The van der Waals surface area contributed by atoms with E-state index >= 15 is 0 Å². The van der Waals surface area contributed by atoms with Crippen molar-refractivity contribution in [2.45, 2.75) is 33.1 Å². The molecule has 3 rings (SSSR count). The van der Waals surface area contributed by atoms with Gasteiger partial charge >= 0.3 is 0 Å². The molecule has 130 valence electrons. The van der Waals surface area contributed by atoms with E-state index in [2.05, 4.69) is 5.32 Å². The number of carbonyl (C=O) groups is 1. The second-order valence-electron chi connectivity index (χ2n) is 6.90. The largest absolute Gasteiger partial charge is 0.474 e. The predicted octanol–water partition coefficient (Wildman–Crippen LogP) is 3.65. The van der Waals surface area contributed by atoms with Gasteiger partial charge in [-0.05, 0) is 18.1 Å². The first-order chi connectivity index (χ1) is 11.9. The van der Waals surface area contributed by atoms with E-state index in [1.54, 1.807) is 6.92 Å². The smallest absolute Gasteiger partial charge is 0.258 e. The highest BCUT2D eigenvalue weighted by molar-refractivity contribution is 6.20. The van der Waals surface area contributed by atoms with E-state index in [1.807, 2.05) is 74.5 Å². The normalized spacial score (nSPS) is 19.2. The Morgan fingerprint density at radius 2 is 1.60 bits per heavy atom. The van der Waals surface area contributed by atoms with E-state index in [9.17, 15) is 9.90 Å². The molecule has 1 aliphatic heterocycles. The zero-order valence-electron chi connectivity index (χ0n) is 14.7.